The highest BCUT2D eigenvalue weighted by Gasteiger charge is 1.99. The Morgan fingerprint density at radius 3 is 2.57 bits per heavy atom. The van der Waals surface area contributed by atoms with Gasteiger partial charge in [-0.05, 0) is 6.92 Å². The van der Waals surface area contributed by atoms with Gasteiger partial charge in [-0.3, -0.25) is 0 Å². The molecule has 2 aromatic rings. The minimum absolute atomic E-state index is 0.416. The molecule has 0 aliphatic rings. The number of rotatable bonds is 2. The Bertz CT molecular complexity index is 421. The molecular weight excluding hydrogens is 200 g/mol. The van der Waals surface area contributed by atoms with Crippen molar-refractivity contribution in [2.24, 2.45) is 0 Å². The van der Waals surface area contributed by atoms with Crippen molar-refractivity contribution in [3.8, 4) is 5.69 Å². The zero-order valence-electron chi connectivity index (χ0n) is 7.68. The van der Waals surface area contributed by atoms with E-state index >= 15 is 0 Å². The molecule has 0 spiro atoms. The van der Waals surface area contributed by atoms with E-state index in [0.29, 0.717) is 5.88 Å². The van der Waals surface area contributed by atoms with Crippen LogP contribution in [0, 0.1) is 6.92 Å². The number of halogens is 1. The Balaban J connectivity index is 2.34. The Kier molecular flexibility index (Phi) is 2.45. The maximum absolute atomic E-state index is 5.65. The van der Waals surface area contributed by atoms with E-state index in [9.17, 15) is 0 Å². The molecule has 72 valence electrons. The van der Waals surface area contributed by atoms with Crippen LogP contribution in [0.3, 0.4) is 0 Å². The maximum atomic E-state index is 5.65. The first-order chi connectivity index (χ1) is 6.79. The Morgan fingerprint density at radius 1 is 1.29 bits per heavy atom. The highest BCUT2D eigenvalue weighted by Crippen LogP contribution is 2.07. The van der Waals surface area contributed by atoms with Crippen LogP contribution in [-0.4, -0.2) is 19.5 Å². The summed E-state index contributed by atoms with van der Waals surface area (Å²) in [7, 11) is 0. The van der Waals surface area contributed by atoms with Crippen LogP contribution in [0.15, 0.2) is 24.9 Å². The van der Waals surface area contributed by atoms with E-state index in [2.05, 4.69) is 15.0 Å². The van der Waals surface area contributed by atoms with E-state index in [4.69, 9.17) is 11.6 Å². The molecule has 0 amide bonds. The number of imidazole rings is 1. The lowest BCUT2D eigenvalue weighted by atomic mass is 10.5. The van der Waals surface area contributed by atoms with Gasteiger partial charge in [-0.2, -0.15) is 0 Å². The lowest BCUT2D eigenvalue weighted by Gasteiger charge is -1.99. The Hall–Kier alpha value is -1.42. The summed E-state index contributed by atoms with van der Waals surface area (Å²) >= 11 is 5.65. The van der Waals surface area contributed by atoms with E-state index < -0.39 is 0 Å². The molecule has 2 heterocycles. The van der Waals surface area contributed by atoms with Gasteiger partial charge in [0.1, 0.15) is 5.82 Å². The number of hydrogen-bond acceptors (Lipinski definition) is 3. The van der Waals surface area contributed by atoms with Crippen LogP contribution in [0.25, 0.3) is 5.69 Å². The molecule has 2 rings (SSSR count). The fourth-order valence-electron chi connectivity index (χ4n) is 1.09. The Labute approximate surface area is 86.6 Å². The highest BCUT2D eigenvalue weighted by atomic mass is 35.5. The minimum Gasteiger partial charge on any atom is -0.303 e. The quantitative estimate of drug-likeness (QED) is 0.706. The second-order valence-corrected chi connectivity index (χ2v) is 3.16. The molecule has 0 saturated carbocycles. The molecule has 0 unspecified atom stereocenters. The van der Waals surface area contributed by atoms with E-state index in [0.717, 1.165) is 17.2 Å². The molecule has 5 heteroatoms. The summed E-state index contributed by atoms with van der Waals surface area (Å²) < 4.78 is 1.84. The van der Waals surface area contributed by atoms with Crippen molar-refractivity contribution in [1.29, 1.82) is 0 Å². The van der Waals surface area contributed by atoms with Gasteiger partial charge >= 0.3 is 0 Å². The van der Waals surface area contributed by atoms with Crippen molar-refractivity contribution in [3.05, 3.63) is 36.4 Å². The van der Waals surface area contributed by atoms with E-state index in [1.807, 2.05) is 17.7 Å². The molecule has 0 atom stereocenters. The second kappa shape index (κ2) is 3.75. The van der Waals surface area contributed by atoms with E-state index in [1.54, 1.807) is 18.7 Å². The third-order valence-electron chi connectivity index (χ3n) is 1.84. The molecule has 0 aromatic carbocycles. The number of aromatic nitrogens is 4. The normalized spacial score (nSPS) is 10.4. The SMILES string of the molecule is Cc1ncc(-n2cnc(CCl)c2)cn1. The van der Waals surface area contributed by atoms with Gasteiger partial charge in [-0.25, -0.2) is 15.0 Å². The van der Waals surface area contributed by atoms with E-state index in [-0.39, 0.29) is 0 Å². The van der Waals surface area contributed by atoms with Crippen LogP contribution in [0.1, 0.15) is 11.5 Å². The zero-order chi connectivity index (χ0) is 9.97. The third kappa shape index (κ3) is 1.75. The van der Waals surface area contributed by atoms with Crippen LogP contribution in [0.4, 0.5) is 0 Å². The molecule has 0 N–H and O–H groups in total. The molecule has 2 aromatic heterocycles. The Morgan fingerprint density at radius 2 is 2.00 bits per heavy atom. The van der Waals surface area contributed by atoms with Gasteiger partial charge < -0.3 is 4.57 Å². The minimum atomic E-state index is 0.416. The molecule has 0 bridgehead atoms. The molecule has 0 aliphatic heterocycles. The van der Waals surface area contributed by atoms with Gasteiger partial charge in [-0.15, -0.1) is 11.6 Å². The molecule has 0 saturated heterocycles. The highest BCUT2D eigenvalue weighted by molar-refractivity contribution is 6.16. The van der Waals surface area contributed by atoms with Crippen LogP contribution >= 0.6 is 11.6 Å². The zero-order valence-corrected chi connectivity index (χ0v) is 8.44. The molecular formula is C9H9ClN4. The fourth-order valence-corrected chi connectivity index (χ4v) is 1.23. The first kappa shape index (κ1) is 9.15. The average Bonchev–Trinajstić information content (AvgIpc) is 2.67. The fraction of sp³-hybridized carbons (Fsp3) is 0.222. The smallest absolute Gasteiger partial charge is 0.125 e. The summed E-state index contributed by atoms with van der Waals surface area (Å²) in [5.41, 5.74) is 1.73. The lowest BCUT2D eigenvalue weighted by Crippen LogP contribution is -1.94. The number of hydrogen-bond donors (Lipinski definition) is 0. The lowest BCUT2D eigenvalue weighted by molar-refractivity contribution is 0.972. The summed E-state index contributed by atoms with van der Waals surface area (Å²) in [6, 6.07) is 0. The summed E-state index contributed by atoms with van der Waals surface area (Å²) in [5.74, 6) is 1.17. The van der Waals surface area contributed by atoms with Crippen LogP contribution in [0.2, 0.25) is 0 Å². The van der Waals surface area contributed by atoms with Gasteiger partial charge in [0, 0.05) is 6.20 Å². The van der Waals surface area contributed by atoms with Crippen molar-refractivity contribution < 1.29 is 0 Å². The van der Waals surface area contributed by atoms with Crippen molar-refractivity contribution in [3.63, 3.8) is 0 Å². The molecule has 0 fully saturated rings. The van der Waals surface area contributed by atoms with E-state index in [1.165, 1.54) is 0 Å². The average molecular weight is 209 g/mol. The second-order valence-electron chi connectivity index (χ2n) is 2.89. The van der Waals surface area contributed by atoms with Crippen molar-refractivity contribution in [2.75, 3.05) is 0 Å². The van der Waals surface area contributed by atoms with Gasteiger partial charge in [0.25, 0.3) is 0 Å². The summed E-state index contributed by atoms with van der Waals surface area (Å²) in [5, 5.41) is 0. The van der Waals surface area contributed by atoms with Gasteiger partial charge in [-0.1, -0.05) is 0 Å². The largest absolute Gasteiger partial charge is 0.303 e. The predicted octanol–water partition coefficient (Wildman–Crippen LogP) is 1.71. The van der Waals surface area contributed by atoms with Gasteiger partial charge in [0.05, 0.1) is 36.0 Å². The van der Waals surface area contributed by atoms with Crippen molar-refractivity contribution >= 4 is 11.6 Å². The number of alkyl halides is 1. The van der Waals surface area contributed by atoms with Gasteiger partial charge in [0.15, 0.2) is 0 Å². The summed E-state index contributed by atoms with van der Waals surface area (Å²) in [4.78, 5) is 12.3. The number of aryl methyl sites for hydroxylation is 1. The summed E-state index contributed by atoms with van der Waals surface area (Å²) in [6.07, 6.45) is 7.07. The topological polar surface area (TPSA) is 43.6 Å². The molecule has 4 nitrogen and oxygen atoms in total. The van der Waals surface area contributed by atoms with Crippen molar-refractivity contribution in [1.82, 2.24) is 19.5 Å². The monoisotopic (exact) mass is 208 g/mol. The first-order valence-corrected chi connectivity index (χ1v) is 4.71. The van der Waals surface area contributed by atoms with Gasteiger partial charge in [0.2, 0.25) is 0 Å². The molecule has 0 radical (unpaired) electrons. The van der Waals surface area contributed by atoms with Crippen molar-refractivity contribution in [2.45, 2.75) is 12.8 Å². The molecule has 0 aliphatic carbocycles. The molecule has 14 heavy (non-hydrogen) atoms. The maximum Gasteiger partial charge on any atom is 0.125 e. The van der Waals surface area contributed by atoms with Crippen LogP contribution < -0.4 is 0 Å². The summed E-state index contributed by atoms with van der Waals surface area (Å²) in [6.45, 7) is 1.85. The first-order valence-electron chi connectivity index (χ1n) is 4.17. The predicted molar refractivity (Wildman–Crippen MR) is 53.4 cm³/mol. The standard InChI is InChI=1S/C9H9ClN4/c1-7-11-3-9(4-12-7)14-5-8(2-10)13-6-14/h3-6H,2H2,1H3. The van der Waals surface area contributed by atoms with Crippen LogP contribution in [0.5, 0.6) is 0 Å². The van der Waals surface area contributed by atoms with Crippen LogP contribution in [-0.2, 0) is 5.88 Å². The number of nitrogens with zero attached hydrogens (tertiary/aromatic N) is 4. The third-order valence-corrected chi connectivity index (χ3v) is 2.11.